The lowest BCUT2D eigenvalue weighted by molar-refractivity contribution is 0.183. The van der Waals surface area contributed by atoms with Crippen molar-refractivity contribution in [1.82, 2.24) is 9.55 Å². The molecule has 0 bridgehead atoms. The van der Waals surface area contributed by atoms with Crippen LogP contribution < -0.4 is 0 Å². The van der Waals surface area contributed by atoms with E-state index in [0.29, 0.717) is 11.5 Å². The van der Waals surface area contributed by atoms with Crippen LogP contribution in [0.25, 0.3) is 11.0 Å². The number of benzene rings is 1. The summed E-state index contributed by atoms with van der Waals surface area (Å²) in [6, 6.07) is 8.93. The number of hydrogen-bond donors (Lipinski definition) is 0. The molecule has 1 aliphatic rings. The Bertz CT molecular complexity index is 612. The summed E-state index contributed by atoms with van der Waals surface area (Å²) in [5.41, 5.74) is 2.72. The lowest BCUT2D eigenvalue weighted by atomic mass is 9.75. The molecule has 1 aromatic heterocycles. The van der Waals surface area contributed by atoms with E-state index >= 15 is 0 Å². The average molecular weight is 291 g/mol. The summed E-state index contributed by atoms with van der Waals surface area (Å²) in [6.07, 6.45) is 5.06. The van der Waals surface area contributed by atoms with Crippen molar-refractivity contribution < 1.29 is 0 Å². The van der Waals surface area contributed by atoms with Gasteiger partial charge in [0, 0.05) is 6.04 Å². The van der Waals surface area contributed by atoms with Gasteiger partial charge in [0.1, 0.15) is 5.82 Å². The fourth-order valence-electron chi connectivity index (χ4n) is 3.61. The maximum absolute atomic E-state index is 6.39. The largest absolute Gasteiger partial charge is 0.324 e. The van der Waals surface area contributed by atoms with Gasteiger partial charge in [-0.2, -0.15) is 0 Å². The molecule has 108 valence electrons. The second kappa shape index (κ2) is 5.07. The van der Waals surface area contributed by atoms with E-state index in [4.69, 9.17) is 16.6 Å². The number of nitrogens with zero attached hydrogens (tertiary/aromatic N) is 2. The van der Waals surface area contributed by atoms with Gasteiger partial charge >= 0.3 is 0 Å². The molecule has 0 amide bonds. The van der Waals surface area contributed by atoms with Gasteiger partial charge in [-0.25, -0.2) is 4.98 Å². The Morgan fingerprint density at radius 3 is 2.80 bits per heavy atom. The number of aromatic nitrogens is 2. The summed E-state index contributed by atoms with van der Waals surface area (Å²) in [5.74, 6) is 1.02. The van der Waals surface area contributed by atoms with Crippen LogP contribution in [0.15, 0.2) is 24.3 Å². The molecule has 2 atom stereocenters. The lowest BCUT2D eigenvalue weighted by Gasteiger charge is -2.37. The number of alkyl halides is 1. The fourth-order valence-corrected chi connectivity index (χ4v) is 3.76. The first-order chi connectivity index (χ1) is 9.48. The van der Waals surface area contributed by atoms with E-state index < -0.39 is 0 Å². The van der Waals surface area contributed by atoms with E-state index in [9.17, 15) is 0 Å². The van der Waals surface area contributed by atoms with Crippen LogP contribution in [-0.2, 0) is 0 Å². The first kappa shape index (κ1) is 13.9. The Morgan fingerprint density at radius 1 is 1.35 bits per heavy atom. The summed E-state index contributed by atoms with van der Waals surface area (Å²) in [6.45, 7) is 6.78. The zero-order valence-electron chi connectivity index (χ0n) is 12.6. The minimum Gasteiger partial charge on any atom is -0.324 e. The zero-order valence-corrected chi connectivity index (χ0v) is 13.3. The maximum Gasteiger partial charge on any atom is 0.127 e. The second-order valence-corrected chi connectivity index (χ2v) is 7.51. The number of hydrogen-bond acceptors (Lipinski definition) is 1. The van der Waals surface area contributed by atoms with E-state index in [1.165, 1.54) is 31.2 Å². The molecule has 2 unspecified atom stereocenters. The van der Waals surface area contributed by atoms with Crippen LogP contribution in [0.5, 0.6) is 0 Å². The number of rotatable bonds is 2. The Hall–Kier alpha value is -1.02. The predicted octanol–water partition coefficient (Wildman–Crippen LogP) is 5.48. The first-order valence-electron chi connectivity index (χ1n) is 7.59. The average Bonchev–Trinajstić information content (AvgIpc) is 2.77. The van der Waals surface area contributed by atoms with Crippen LogP contribution in [0.3, 0.4) is 0 Å². The molecule has 0 aliphatic heterocycles. The quantitative estimate of drug-likeness (QED) is 0.670. The third kappa shape index (κ3) is 2.46. The van der Waals surface area contributed by atoms with Gasteiger partial charge in [0.25, 0.3) is 0 Å². The number of imidazole rings is 1. The summed E-state index contributed by atoms with van der Waals surface area (Å²) >= 11 is 6.39. The van der Waals surface area contributed by atoms with Crippen molar-refractivity contribution in [1.29, 1.82) is 0 Å². The van der Waals surface area contributed by atoms with Crippen LogP contribution in [-0.4, -0.2) is 9.55 Å². The SMILES string of the molecule is CC(Cl)c1nc2ccccc2n1C1CCCC(C)(C)C1. The highest BCUT2D eigenvalue weighted by atomic mass is 35.5. The topological polar surface area (TPSA) is 17.8 Å². The summed E-state index contributed by atoms with van der Waals surface area (Å²) in [7, 11) is 0. The van der Waals surface area contributed by atoms with E-state index in [1.807, 2.05) is 13.0 Å². The third-order valence-corrected chi connectivity index (χ3v) is 4.72. The van der Waals surface area contributed by atoms with Crippen molar-refractivity contribution in [2.45, 2.75) is 57.9 Å². The molecule has 2 aromatic rings. The molecule has 1 heterocycles. The van der Waals surface area contributed by atoms with Crippen LogP contribution in [0.2, 0.25) is 0 Å². The molecule has 20 heavy (non-hydrogen) atoms. The van der Waals surface area contributed by atoms with Gasteiger partial charge in [0.2, 0.25) is 0 Å². The van der Waals surface area contributed by atoms with Crippen molar-refractivity contribution in [2.24, 2.45) is 5.41 Å². The lowest BCUT2D eigenvalue weighted by Crippen LogP contribution is -2.26. The normalized spacial score (nSPS) is 23.9. The van der Waals surface area contributed by atoms with E-state index in [1.54, 1.807) is 0 Å². The van der Waals surface area contributed by atoms with Gasteiger partial charge < -0.3 is 4.57 Å². The predicted molar refractivity (Wildman–Crippen MR) is 85.3 cm³/mol. The van der Waals surface area contributed by atoms with Gasteiger partial charge in [0.15, 0.2) is 0 Å². The van der Waals surface area contributed by atoms with Gasteiger partial charge in [-0.3, -0.25) is 0 Å². The van der Waals surface area contributed by atoms with E-state index in [2.05, 4.69) is 36.6 Å². The Kier molecular flexibility index (Phi) is 3.53. The highest BCUT2D eigenvalue weighted by molar-refractivity contribution is 6.20. The molecule has 0 spiro atoms. The van der Waals surface area contributed by atoms with Crippen LogP contribution in [0.4, 0.5) is 0 Å². The van der Waals surface area contributed by atoms with Crippen LogP contribution in [0.1, 0.15) is 63.7 Å². The molecule has 0 radical (unpaired) electrons. The molecule has 0 N–H and O–H groups in total. The summed E-state index contributed by atoms with van der Waals surface area (Å²) in [5, 5.41) is -0.0487. The minimum absolute atomic E-state index is 0.0487. The summed E-state index contributed by atoms with van der Waals surface area (Å²) < 4.78 is 2.41. The van der Waals surface area contributed by atoms with E-state index in [0.717, 1.165) is 11.3 Å². The molecule has 3 heteroatoms. The molecule has 1 saturated carbocycles. The molecular weight excluding hydrogens is 268 g/mol. The molecule has 1 aromatic carbocycles. The van der Waals surface area contributed by atoms with Crippen molar-refractivity contribution in [3.05, 3.63) is 30.1 Å². The first-order valence-corrected chi connectivity index (χ1v) is 8.02. The number of para-hydroxylation sites is 2. The summed E-state index contributed by atoms with van der Waals surface area (Å²) in [4.78, 5) is 4.77. The zero-order chi connectivity index (χ0) is 14.3. The Labute approximate surface area is 126 Å². The molecule has 2 nitrogen and oxygen atoms in total. The van der Waals surface area contributed by atoms with Crippen LogP contribution in [0, 0.1) is 5.41 Å². The van der Waals surface area contributed by atoms with Gasteiger partial charge in [-0.15, -0.1) is 11.6 Å². The second-order valence-electron chi connectivity index (χ2n) is 6.86. The number of halogens is 1. The molecule has 3 rings (SSSR count). The van der Waals surface area contributed by atoms with Crippen molar-refractivity contribution in [2.75, 3.05) is 0 Å². The number of fused-ring (bicyclic) bond motifs is 1. The van der Waals surface area contributed by atoms with Crippen molar-refractivity contribution in [3.63, 3.8) is 0 Å². The van der Waals surface area contributed by atoms with Crippen molar-refractivity contribution >= 4 is 22.6 Å². The smallest absolute Gasteiger partial charge is 0.127 e. The fraction of sp³-hybridized carbons (Fsp3) is 0.588. The van der Waals surface area contributed by atoms with Gasteiger partial charge in [-0.1, -0.05) is 32.4 Å². The van der Waals surface area contributed by atoms with Gasteiger partial charge in [-0.05, 0) is 43.7 Å². The van der Waals surface area contributed by atoms with Crippen molar-refractivity contribution in [3.8, 4) is 0 Å². The Morgan fingerprint density at radius 2 is 2.10 bits per heavy atom. The van der Waals surface area contributed by atoms with Gasteiger partial charge in [0.05, 0.1) is 16.4 Å². The molecule has 1 fully saturated rings. The maximum atomic E-state index is 6.39. The molecule has 0 saturated heterocycles. The highest BCUT2D eigenvalue weighted by Crippen LogP contribution is 2.43. The monoisotopic (exact) mass is 290 g/mol. The Balaban J connectivity index is 2.11. The third-order valence-electron chi connectivity index (χ3n) is 4.52. The standard InChI is InChI=1S/C17H23ClN2/c1-12(18)16-19-14-8-4-5-9-15(14)20(16)13-7-6-10-17(2,3)11-13/h4-5,8-9,12-13H,6-7,10-11H2,1-3H3. The van der Waals surface area contributed by atoms with Crippen LogP contribution >= 0.6 is 11.6 Å². The molecule has 1 aliphatic carbocycles. The highest BCUT2D eigenvalue weighted by Gasteiger charge is 2.31. The minimum atomic E-state index is -0.0487. The van der Waals surface area contributed by atoms with E-state index in [-0.39, 0.29) is 5.38 Å². The molecular formula is C17H23ClN2.